The van der Waals surface area contributed by atoms with Gasteiger partial charge in [-0.3, -0.25) is 4.79 Å². The molecule has 0 unspecified atom stereocenters. The number of nitrogens with zero attached hydrogens (tertiary/aromatic N) is 2. The minimum atomic E-state index is -0.102. The first-order chi connectivity index (χ1) is 11.7. The fourth-order valence-corrected chi connectivity index (χ4v) is 3.39. The second-order valence-corrected chi connectivity index (χ2v) is 7.01. The fraction of sp³-hybridized carbons (Fsp3) is 0.389. The summed E-state index contributed by atoms with van der Waals surface area (Å²) in [6, 6.07) is 5.99. The molecule has 0 atom stereocenters. The zero-order valence-electron chi connectivity index (χ0n) is 14.0. The minimum absolute atomic E-state index is 0.102. The minimum Gasteiger partial charge on any atom is -0.464 e. The third-order valence-electron chi connectivity index (χ3n) is 3.87. The smallest absolute Gasteiger partial charge is 0.230 e. The summed E-state index contributed by atoms with van der Waals surface area (Å²) in [5, 5.41) is 13.5. The monoisotopic (exact) mass is 343 g/mol. The topological polar surface area (TPSA) is 68.0 Å². The van der Waals surface area contributed by atoms with Crippen molar-refractivity contribution >= 4 is 33.3 Å². The summed E-state index contributed by atoms with van der Waals surface area (Å²) in [6.45, 7) is 4.19. The third kappa shape index (κ3) is 4.00. The molecular formula is C18H21N3O2S. The molecule has 24 heavy (non-hydrogen) atoms. The van der Waals surface area contributed by atoms with E-state index in [0.717, 1.165) is 39.9 Å². The highest BCUT2D eigenvalue weighted by Gasteiger charge is 2.13. The van der Waals surface area contributed by atoms with Gasteiger partial charge in [-0.25, -0.2) is 0 Å². The molecule has 2 heterocycles. The Morgan fingerprint density at radius 1 is 1.29 bits per heavy atom. The number of unbranched alkanes of at least 4 members (excludes halogenated alkanes) is 2. The van der Waals surface area contributed by atoms with E-state index in [-0.39, 0.29) is 12.3 Å². The van der Waals surface area contributed by atoms with Gasteiger partial charge in [0.1, 0.15) is 10.6 Å². The number of furan rings is 1. The SMILES string of the molecule is CCCCCc1nnc(NC(=O)Cc2coc3cc(C)ccc23)s1. The van der Waals surface area contributed by atoms with E-state index in [1.807, 2.05) is 25.1 Å². The molecule has 0 aliphatic rings. The number of aromatic nitrogens is 2. The van der Waals surface area contributed by atoms with Gasteiger partial charge >= 0.3 is 0 Å². The Morgan fingerprint density at radius 2 is 2.17 bits per heavy atom. The van der Waals surface area contributed by atoms with Crippen molar-refractivity contribution in [1.82, 2.24) is 10.2 Å². The zero-order chi connectivity index (χ0) is 16.9. The first-order valence-corrected chi connectivity index (χ1v) is 9.06. The summed E-state index contributed by atoms with van der Waals surface area (Å²) in [7, 11) is 0. The second kappa shape index (κ2) is 7.57. The third-order valence-corrected chi connectivity index (χ3v) is 4.77. The van der Waals surface area contributed by atoms with Crippen LogP contribution in [0.25, 0.3) is 11.0 Å². The molecule has 0 fully saturated rings. The van der Waals surface area contributed by atoms with Gasteiger partial charge in [0.15, 0.2) is 0 Å². The number of carbonyl (C=O) groups excluding carboxylic acids is 1. The number of rotatable bonds is 7. The van der Waals surface area contributed by atoms with Crippen molar-refractivity contribution in [3.05, 3.63) is 40.6 Å². The van der Waals surface area contributed by atoms with Crippen molar-refractivity contribution < 1.29 is 9.21 Å². The van der Waals surface area contributed by atoms with Crippen LogP contribution in [0.1, 0.15) is 42.3 Å². The van der Waals surface area contributed by atoms with Crippen LogP contribution in [0.15, 0.2) is 28.9 Å². The molecular weight excluding hydrogens is 322 g/mol. The molecule has 5 nitrogen and oxygen atoms in total. The molecule has 1 N–H and O–H groups in total. The highest BCUT2D eigenvalue weighted by atomic mass is 32.1. The van der Waals surface area contributed by atoms with E-state index in [4.69, 9.17) is 4.42 Å². The van der Waals surface area contributed by atoms with Crippen molar-refractivity contribution in [1.29, 1.82) is 0 Å². The summed E-state index contributed by atoms with van der Waals surface area (Å²) in [6.07, 6.45) is 6.32. The zero-order valence-corrected chi connectivity index (χ0v) is 14.8. The van der Waals surface area contributed by atoms with Gasteiger partial charge < -0.3 is 9.73 Å². The molecule has 3 aromatic rings. The quantitative estimate of drug-likeness (QED) is 0.641. The molecule has 0 aliphatic heterocycles. The molecule has 1 amide bonds. The lowest BCUT2D eigenvalue weighted by molar-refractivity contribution is -0.115. The Morgan fingerprint density at radius 3 is 3.00 bits per heavy atom. The number of anilines is 1. The van der Waals surface area contributed by atoms with Crippen LogP contribution in [0.5, 0.6) is 0 Å². The molecule has 0 spiro atoms. The lowest BCUT2D eigenvalue weighted by Crippen LogP contribution is -2.13. The predicted octanol–water partition coefficient (Wildman–Crippen LogP) is 4.51. The first kappa shape index (κ1) is 16.6. The van der Waals surface area contributed by atoms with E-state index < -0.39 is 0 Å². The summed E-state index contributed by atoms with van der Waals surface area (Å²) < 4.78 is 5.53. The standard InChI is InChI=1S/C18H21N3O2S/c1-3-4-5-6-17-20-21-18(24-17)19-16(22)10-13-11-23-15-9-12(2)7-8-14(13)15/h7-9,11H,3-6,10H2,1-2H3,(H,19,21,22). The average Bonchev–Trinajstić information content (AvgIpc) is 3.15. The van der Waals surface area contributed by atoms with Gasteiger partial charge in [0, 0.05) is 17.4 Å². The number of carbonyl (C=O) groups is 1. The van der Waals surface area contributed by atoms with Gasteiger partial charge in [0.05, 0.1) is 12.7 Å². The van der Waals surface area contributed by atoms with Crippen molar-refractivity contribution in [2.24, 2.45) is 0 Å². The second-order valence-electron chi connectivity index (χ2n) is 5.94. The van der Waals surface area contributed by atoms with E-state index in [1.165, 1.54) is 24.2 Å². The molecule has 126 valence electrons. The van der Waals surface area contributed by atoms with Crippen LogP contribution in [0.2, 0.25) is 0 Å². The maximum Gasteiger partial charge on any atom is 0.230 e. The van der Waals surface area contributed by atoms with Crippen molar-refractivity contribution in [2.45, 2.75) is 46.0 Å². The Bertz CT molecular complexity index is 838. The van der Waals surface area contributed by atoms with Crippen LogP contribution in [0.4, 0.5) is 5.13 Å². The largest absolute Gasteiger partial charge is 0.464 e. The summed E-state index contributed by atoms with van der Waals surface area (Å²) in [4.78, 5) is 12.2. The molecule has 0 saturated carbocycles. The van der Waals surface area contributed by atoms with Gasteiger partial charge in [-0.2, -0.15) is 0 Å². The Kier molecular flexibility index (Phi) is 5.25. The average molecular weight is 343 g/mol. The Balaban J connectivity index is 1.60. The van der Waals surface area contributed by atoms with Crippen LogP contribution in [0.3, 0.4) is 0 Å². The molecule has 2 aromatic heterocycles. The number of hydrogen-bond acceptors (Lipinski definition) is 5. The van der Waals surface area contributed by atoms with Gasteiger partial charge in [-0.15, -0.1) is 10.2 Å². The lowest BCUT2D eigenvalue weighted by Gasteiger charge is -2.00. The van der Waals surface area contributed by atoms with Crippen LogP contribution >= 0.6 is 11.3 Å². The molecule has 0 radical (unpaired) electrons. The van der Waals surface area contributed by atoms with E-state index in [9.17, 15) is 4.79 Å². The Hall–Kier alpha value is -2.21. The van der Waals surface area contributed by atoms with Gasteiger partial charge in [-0.1, -0.05) is 43.2 Å². The van der Waals surface area contributed by atoms with Crippen molar-refractivity contribution in [3.8, 4) is 0 Å². The summed E-state index contributed by atoms with van der Waals surface area (Å²) >= 11 is 1.45. The molecule has 0 saturated heterocycles. The maximum absolute atomic E-state index is 12.2. The van der Waals surface area contributed by atoms with Crippen LogP contribution in [-0.4, -0.2) is 16.1 Å². The van der Waals surface area contributed by atoms with Gasteiger partial charge in [0.2, 0.25) is 11.0 Å². The summed E-state index contributed by atoms with van der Waals surface area (Å²) in [5.41, 5.74) is 2.83. The van der Waals surface area contributed by atoms with Crippen LogP contribution in [-0.2, 0) is 17.6 Å². The van der Waals surface area contributed by atoms with Crippen molar-refractivity contribution in [2.75, 3.05) is 5.32 Å². The van der Waals surface area contributed by atoms with Gasteiger partial charge in [0.25, 0.3) is 0 Å². The predicted molar refractivity (Wildman–Crippen MR) is 96.4 cm³/mol. The highest BCUT2D eigenvalue weighted by Crippen LogP contribution is 2.23. The normalized spacial score (nSPS) is 11.1. The molecule has 1 aromatic carbocycles. The number of fused-ring (bicyclic) bond motifs is 1. The molecule has 3 rings (SSSR count). The first-order valence-electron chi connectivity index (χ1n) is 8.24. The van der Waals surface area contributed by atoms with Gasteiger partial charge in [-0.05, 0) is 25.0 Å². The number of aryl methyl sites for hydroxylation is 2. The van der Waals surface area contributed by atoms with E-state index >= 15 is 0 Å². The lowest BCUT2D eigenvalue weighted by atomic mass is 10.1. The molecule has 0 aliphatic carbocycles. The molecule has 6 heteroatoms. The van der Waals surface area contributed by atoms with E-state index in [2.05, 4.69) is 22.4 Å². The summed E-state index contributed by atoms with van der Waals surface area (Å²) in [5.74, 6) is -0.102. The number of hydrogen-bond donors (Lipinski definition) is 1. The molecule has 0 bridgehead atoms. The number of amides is 1. The number of benzene rings is 1. The maximum atomic E-state index is 12.2. The van der Waals surface area contributed by atoms with Crippen LogP contribution < -0.4 is 5.32 Å². The van der Waals surface area contributed by atoms with E-state index in [0.29, 0.717) is 5.13 Å². The van der Waals surface area contributed by atoms with Crippen LogP contribution in [0, 0.1) is 6.92 Å². The highest BCUT2D eigenvalue weighted by molar-refractivity contribution is 7.15. The van der Waals surface area contributed by atoms with E-state index in [1.54, 1.807) is 6.26 Å². The Labute approximate surface area is 145 Å². The van der Waals surface area contributed by atoms with Crippen molar-refractivity contribution in [3.63, 3.8) is 0 Å². The number of nitrogens with one attached hydrogen (secondary N) is 1. The fourth-order valence-electron chi connectivity index (χ4n) is 2.60.